The van der Waals surface area contributed by atoms with E-state index in [1.54, 1.807) is 25.3 Å². The van der Waals surface area contributed by atoms with Crippen molar-refractivity contribution in [2.45, 2.75) is 18.9 Å². The Kier molecular flexibility index (Phi) is 4.64. The average Bonchev–Trinajstić information content (AvgIpc) is 3.23. The van der Waals surface area contributed by atoms with Gasteiger partial charge in [-0.05, 0) is 55.3 Å². The molecular formula is C21H19NO5. The van der Waals surface area contributed by atoms with Gasteiger partial charge in [-0.2, -0.15) is 0 Å². The van der Waals surface area contributed by atoms with E-state index in [0.29, 0.717) is 35.4 Å². The van der Waals surface area contributed by atoms with Crippen LogP contribution >= 0.6 is 0 Å². The Morgan fingerprint density at radius 3 is 2.67 bits per heavy atom. The molecule has 1 amide bonds. The van der Waals surface area contributed by atoms with Crippen molar-refractivity contribution in [1.82, 2.24) is 0 Å². The second-order valence-electron chi connectivity index (χ2n) is 6.41. The first-order valence-corrected chi connectivity index (χ1v) is 8.79. The van der Waals surface area contributed by atoms with Gasteiger partial charge in [-0.15, -0.1) is 0 Å². The lowest BCUT2D eigenvalue weighted by molar-refractivity contribution is -0.124. The summed E-state index contributed by atoms with van der Waals surface area (Å²) < 4.78 is 16.4. The zero-order chi connectivity index (χ0) is 18.8. The number of ether oxygens (including phenoxy) is 2. The standard InChI is InChI=1S/C21H19NO5/c1-25-15-7-4-13(5-8-15)20-12-17(23)16-11-14(6-9-18(16)27-20)22-21(24)19-3-2-10-26-19/h4-9,11-12,19H,2-3,10H2,1H3,(H,22,24). The maximum Gasteiger partial charge on any atom is 0.253 e. The first kappa shape index (κ1) is 17.3. The third kappa shape index (κ3) is 3.57. The molecule has 3 aromatic rings. The predicted octanol–water partition coefficient (Wildman–Crippen LogP) is 3.59. The fourth-order valence-electron chi connectivity index (χ4n) is 3.14. The van der Waals surface area contributed by atoms with E-state index in [2.05, 4.69) is 5.32 Å². The number of rotatable bonds is 4. The Hall–Kier alpha value is -3.12. The summed E-state index contributed by atoms with van der Waals surface area (Å²) in [4.78, 5) is 24.7. The quantitative estimate of drug-likeness (QED) is 0.764. The molecule has 0 bridgehead atoms. The molecule has 1 N–H and O–H groups in total. The summed E-state index contributed by atoms with van der Waals surface area (Å²) in [7, 11) is 1.60. The Labute approximate surface area is 155 Å². The van der Waals surface area contributed by atoms with Gasteiger partial charge in [0, 0.05) is 23.9 Å². The second-order valence-corrected chi connectivity index (χ2v) is 6.41. The van der Waals surface area contributed by atoms with Crippen LogP contribution in [0.3, 0.4) is 0 Å². The molecule has 0 saturated carbocycles. The zero-order valence-corrected chi connectivity index (χ0v) is 14.9. The Morgan fingerprint density at radius 2 is 1.96 bits per heavy atom. The van der Waals surface area contributed by atoms with E-state index in [0.717, 1.165) is 17.7 Å². The van der Waals surface area contributed by atoms with E-state index in [9.17, 15) is 9.59 Å². The predicted molar refractivity (Wildman–Crippen MR) is 102 cm³/mol. The van der Waals surface area contributed by atoms with Crippen LogP contribution in [0.1, 0.15) is 12.8 Å². The number of amides is 1. The minimum Gasteiger partial charge on any atom is -0.497 e. The van der Waals surface area contributed by atoms with Crippen LogP contribution in [0.5, 0.6) is 5.75 Å². The van der Waals surface area contributed by atoms with Crippen LogP contribution in [0.2, 0.25) is 0 Å². The zero-order valence-electron chi connectivity index (χ0n) is 14.9. The number of carbonyl (C=O) groups is 1. The van der Waals surface area contributed by atoms with Crippen LogP contribution in [-0.4, -0.2) is 25.7 Å². The summed E-state index contributed by atoms with van der Waals surface area (Å²) in [6.07, 6.45) is 1.18. The average molecular weight is 365 g/mol. The molecule has 138 valence electrons. The summed E-state index contributed by atoms with van der Waals surface area (Å²) in [6.45, 7) is 0.605. The third-order valence-electron chi connectivity index (χ3n) is 4.59. The summed E-state index contributed by atoms with van der Waals surface area (Å²) >= 11 is 0. The van der Waals surface area contributed by atoms with Crippen molar-refractivity contribution in [2.75, 3.05) is 19.0 Å². The van der Waals surface area contributed by atoms with Crippen molar-refractivity contribution < 1.29 is 18.7 Å². The fourth-order valence-corrected chi connectivity index (χ4v) is 3.14. The number of hydrogen-bond donors (Lipinski definition) is 1. The molecule has 1 fully saturated rings. The van der Waals surface area contributed by atoms with Gasteiger partial charge in [0.15, 0.2) is 5.43 Å². The van der Waals surface area contributed by atoms with Crippen molar-refractivity contribution >= 4 is 22.6 Å². The molecule has 4 rings (SSSR count). The van der Waals surface area contributed by atoms with Crippen LogP contribution < -0.4 is 15.5 Å². The molecule has 27 heavy (non-hydrogen) atoms. The molecule has 1 aliphatic rings. The maximum absolute atomic E-state index is 12.6. The Morgan fingerprint density at radius 1 is 1.15 bits per heavy atom. The number of carbonyl (C=O) groups excluding carboxylic acids is 1. The first-order chi connectivity index (χ1) is 13.1. The highest BCUT2D eigenvalue weighted by molar-refractivity contribution is 5.96. The molecule has 1 saturated heterocycles. The van der Waals surface area contributed by atoms with E-state index in [4.69, 9.17) is 13.9 Å². The van der Waals surface area contributed by atoms with Gasteiger partial charge in [-0.3, -0.25) is 9.59 Å². The summed E-state index contributed by atoms with van der Waals surface area (Å²) in [5.41, 5.74) is 1.62. The fraction of sp³-hybridized carbons (Fsp3) is 0.238. The van der Waals surface area contributed by atoms with Crippen molar-refractivity contribution in [1.29, 1.82) is 0 Å². The van der Waals surface area contributed by atoms with Gasteiger partial charge >= 0.3 is 0 Å². The molecule has 0 radical (unpaired) electrons. The number of anilines is 1. The Balaban J connectivity index is 1.63. The largest absolute Gasteiger partial charge is 0.497 e. The molecule has 0 spiro atoms. The molecule has 1 aliphatic heterocycles. The topological polar surface area (TPSA) is 77.8 Å². The monoisotopic (exact) mass is 365 g/mol. The molecule has 0 aliphatic carbocycles. The van der Waals surface area contributed by atoms with Crippen molar-refractivity contribution in [3.63, 3.8) is 0 Å². The Bertz CT molecular complexity index is 1030. The smallest absolute Gasteiger partial charge is 0.253 e. The first-order valence-electron chi connectivity index (χ1n) is 8.79. The number of fused-ring (bicyclic) bond motifs is 1. The van der Waals surface area contributed by atoms with Crippen LogP contribution in [0.25, 0.3) is 22.3 Å². The SMILES string of the molecule is COc1ccc(-c2cc(=O)c3cc(NC(=O)C4CCCO4)ccc3o2)cc1. The van der Waals surface area contributed by atoms with E-state index in [-0.39, 0.29) is 11.3 Å². The highest BCUT2D eigenvalue weighted by Gasteiger charge is 2.23. The number of hydrogen-bond acceptors (Lipinski definition) is 5. The van der Waals surface area contributed by atoms with Crippen LogP contribution in [-0.2, 0) is 9.53 Å². The summed E-state index contributed by atoms with van der Waals surface area (Å²) in [6, 6.07) is 13.8. The van der Waals surface area contributed by atoms with Gasteiger partial charge in [0.1, 0.15) is 23.2 Å². The van der Waals surface area contributed by atoms with Gasteiger partial charge < -0.3 is 19.2 Å². The molecular weight excluding hydrogens is 346 g/mol. The van der Waals surface area contributed by atoms with Crippen LogP contribution in [0, 0.1) is 0 Å². The van der Waals surface area contributed by atoms with Crippen molar-refractivity contribution in [2.24, 2.45) is 0 Å². The van der Waals surface area contributed by atoms with Crippen LogP contribution in [0.15, 0.2) is 57.7 Å². The third-order valence-corrected chi connectivity index (χ3v) is 4.59. The van der Waals surface area contributed by atoms with Gasteiger partial charge in [0.25, 0.3) is 5.91 Å². The van der Waals surface area contributed by atoms with Gasteiger partial charge in [0.2, 0.25) is 0 Å². The maximum atomic E-state index is 12.6. The van der Waals surface area contributed by atoms with E-state index < -0.39 is 6.10 Å². The highest BCUT2D eigenvalue weighted by atomic mass is 16.5. The van der Waals surface area contributed by atoms with E-state index in [1.165, 1.54) is 6.07 Å². The molecule has 6 nitrogen and oxygen atoms in total. The molecule has 2 aromatic carbocycles. The minimum atomic E-state index is -0.422. The lowest BCUT2D eigenvalue weighted by atomic mass is 10.1. The summed E-state index contributed by atoms with van der Waals surface area (Å²) in [5, 5.41) is 3.22. The molecule has 1 unspecified atom stereocenters. The molecule has 2 heterocycles. The minimum absolute atomic E-state index is 0.171. The molecule has 1 atom stereocenters. The highest BCUT2D eigenvalue weighted by Crippen LogP contribution is 2.26. The van der Waals surface area contributed by atoms with Crippen LogP contribution in [0.4, 0.5) is 5.69 Å². The number of benzene rings is 2. The lowest BCUT2D eigenvalue weighted by Crippen LogP contribution is -2.26. The summed E-state index contributed by atoms with van der Waals surface area (Å²) in [5.74, 6) is 1.02. The van der Waals surface area contributed by atoms with E-state index in [1.807, 2.05) is 24.3 Å². The number of methoxy groups -OCH3 is 1. The number of nitrogens with one attached hydrogen (secondary N) is 1. The van der Waals surface area contributed by atoms with Crippen molar-refractivity contribution in [3.05, 3.63) is 58.8 Å². The molecule has 1 aromatic heterocycles. The van der Waals surface area contributed by atoms with E-state index >= 15 is 0 Å². The molecule has 6 heteroatoms. The normalized spacial score (nSPS) is 16.4. The second kappa shape index (κ2) is 7.25. The van der Waals surface area contributed by atoms with Gasteiger partial charge in [-0.1, -0.05) is 0 Å². The van der Waals surface area contributed by atoms with Gasteiger partial charge in [-0.25, -0.2) is 0 Å². The van der Waals surface area contributed by atoms with Crippen molar-refractivity contribution in [3.8, 4) is 17.1 Å². The van der Waals surface area contributed by atoms with Gasteiger partial charge in [0.05, 0.1) is 12.5 Å². The lowest BCUT2D eigenvalue weighted by Gasteiger charge is -2.11.